The fourth-order valence-corrected chi connectivity index (χ4v) is 3.82. The van der Waals surface area contributed by atoms with Gasteiger partial charge in [-0.15, -0.1) is 0 Å². The van der Waals surface area contributed by atoms with Crippen LogP contribution in [0.15, 0.2) is 18.2 Å². The van der Waals surface area contributed by atoms with Gasteiger partial charge < -0.3 is 5.11 Å². The van der Waals surface area contributed by atoms with Crippen LogP contribution in [0, 0.1) is 6.92 Å². The summed E-state index contributed by atoms with van der Waals surface area (Å²) in [5, 5.41) is 14.9. The molecular weight excluding hydrogens is 336 g/mol. The van der Waals surface area contributed by atoms with Gasteiger partial charge in [0.2, 0.25) is 0 Å². The van der Waals surface area contributed by atoms with E-state index in [2.05, 4.69) is 5.10 Å². The Morgan fingerprint density at radius 3 is 2.68 bits per heavy atom. The minimum atomic E-state index is -0.403. The van der Waals surface area contributed by atoms with Gasteiger partial charge in [0.05, 0.1) is 28.1 Å². The van der Waals surface area contributed by atoms with E-state index in [1.54, 1.807) is 6.07 Å². The molecule has 2 aliphatic rings. The van der Waals surface area contributed by atoms with Crippen LogP contribution >= 0.6 is 11.6 Å². The summed E-state index contributed by atoms with van der Waals surface area (Å²) in [6.07, 6.45) is 3.79. The smallest absolute Gasteiger partial charge is 0.280 e. The summed E-state index contributed by atoms with van der Waals surface area (Å²) in [4.78, 5) is 13.1. The van der Waals surface area contributed by atoms with E-state index in [4.69, 9.17) is 11.6 Å². The first kappa shape index (κ1) is 18.2. The quantitative estimate of drug-likeness (QED) is 0.869. The number of nitrogens with zero attached hydrogens (tertiary/aromatic N) is 2. The van der Waals surface area contributed by atoms with Crippen LogP contribution in [0.2, 0.25) is 5.02 Å². The molecule has 2 aliphatic carbocycles. The number of carbonyl (C=O) groups is 1. The topological polar surface area (TPSA) is 55.1 Å². The molecule has 0 saturated heterocycles. The van der Waals surface area contributed by atoms with Crippen molar-refractivity contribution >= 4 is 17.5 Å². The van der Waals surface area contributed by atoms with Gasteiger partial charge in [0.15, 0.2) is 0 Å². The zero-order valence-electron chi connectivity index (χ0n) is 15.1. The van der Waals surface area contributed by atoms with Gasteiger partial charge in [0.25, 0.3) is 5.91 Å². The number of rotatable bonds is 2. The van der Waals surface area contributed by atoms with Crippen LogP contribution < -0.4 is 0 Å². The van der Waals surface area contributed by atoms with Crippen LogP contribution in [-0.2, 0) is 12.8 Å². The zero-order chi connectivity index (χ0) is 18.1. The number of aliphatic hydroxyl groups is 1. The van der Waals surface area contributed by atoms with E-state index < -0.39 is 6.10 Å². The molecule has 25 heavy (non-hydrogen) atoms. The first-order valence-electron chi connectivity index (χ1n) is 9.14. The molecule has 1 N–H and O–H groups in total. The molecule has 0 radical (unpaired) electrons. The Morgan fingerprint density at radius 2 is 2.00 bits per heavy atom. The van der Waals surface area contributed by atoms with Gasteiger partial charge in [-0.25, -0.2) is 4.68 Å². The average Bonchev–Trinajstić information content (AvgIpc) is 3.40. The number of halogens is 1. The highest BCUT2D eigenvalue weighted by atomic mass is 35.5. The van der Waals surface area contributed by atoms with E-state index in [0.717, 1.165) is 48.2 Å². The molecule has 4 rings (SSSR count). The summed E-state index contributed by atoms with van der Waals surface area (Å²) in [6, 6.07) is 5.66. The molecular formula is C20H25ClN2O2. The summed E-state index contributed by atoms with van der Waals surface area (Å²) in [5.41, 5.74) is 4.42. The second-order valence-electron chi connectivity index (χ2n) is 6.60. The van der Waals surface area contributed by atoms with Gasteiger partial charge in [0.1, 0.15) is 0 Å². The number of aryl methyl sites for hydroxylation is 1. The fourth-order valence-electron chi connectivity index (χ4n) is 3.55. The third-order valence-electron chi connectivity index (χ3n) is 4.92. The van der Waals surface area contributed by atoms with E-state index >= 15 is 0 Å². The molecule has 0 aliphatic heterocycles. The molecule has 2 aromatic rings. The Balaban J connectivity index is 0.000000880. The van der Waals surface area contributed by atoms with E-state index in [1.165, 1.54) is 4.68 Å². The molecule has 5 heteroatoms. The normalized spacial score (nSPS) is 19.0. The molecule has 0 amide bonds. The molecule has 1 saturated carbocycles. The van der Waals surface area contributed by atoms with E-state index in [1.807, 2.05) is 32.9 Å². The Kier molecular flexibility index (Phi) is 5.30. The summed E-state index contributed by atoms with van der Waals surface area (Å²) >= 11 is 6.35. The van der Waals surface area contributed by atoms with E-state index in [0.29, 0.717) is 22.9 Å². The molecule has 1 unspecified atom stereocenters. The third-order valence-corrected chi connectivity index (χ3v) is 5.23. The first-order valence-corrected chi connectivity index (χ1v) is 9.52. The standard InChI is InChI=1S/C18H19ClN2O2.C2H6/c1-10-13-8-7-12(22)9-16(13)21(20-10)18(23)17-14(11-5-6-11)3-2-4-15(17)19;1-2/h2-4,11-12,22H,5-9H2,1H3;1-2H3. The Hall–Kier alpha value is -1.65. The zero-order valence-corrected chi connectivity index (χ0v) is 15.8. The van der Waals surface area contributed by atoms with Crippen molar-refractivity contribution in [1.82, 2.24) is 9.78 Å². The summed E-state index contributed by atoms with van der Waals surface area (Å²) < 4.78 is 1.47. The molecule has 1 aromatic carbocycles. The molecule has 0 bridgehead atoms. The highest BCUT2D eigenvalue weighted by Crippen LogP contribution is 2.43. The van der Waals surface area contributed by atoms with Crippen LogP contribution in [-0.4, -0.2) is 26.9 Å². The first-order chi connectivity index (χ1) is 12.1. The second-order valence-corrected chi connectivity index (χ2v) is 7.01. The van der Waals surface area contributed by atoms with Crippen molar-refractivity contribution in [2.24, 2.45) is 0 Å². The van der Waals surface area contributed by atoms with Gasteiger partial charge in [-0.1, -0.05) is 37.6 Å². The van der Waals surface area contributed by atoms with E-state index in [-0.39, 0.29) is 5.91 Å². The van der Waals surface area contributed by atoms with Gasteiger partial charge in [-0.3, -0.25) is 4.79 Å². The largest absolute Gasteiger partial charge is 0.393 e. The number of aliphatic hydroxyl groups excluding tert-OH is 1. The minimum absolute atomic E-state index is 0.170. The van der Waals surface area contributed by atoms with Crippen LogP contribution in [0.1, 0.15) is 71.9 Å². The van der Waals surface area contributed by atoms with Crippen molar-refractivity contribution in [3.63, 3.8) is 0 Å². The lowest BCUT2D eigenvalue weighted by Gasteiger charge is -2.19. The average molecular weight is 361 g/mol. The monoisotopic (exact) mass is 360 g/mol. The van der Waals surface area contributed by atoms with Gasteiger partial charge in [-0.05, 0) is 55.7 Å². The van der Waals surface area contributed by atoms with Crippen molar-refractivity contribution < 1.29 is 9.90 Å². The molecule has 1 fully saturated rings. The number of aromatic nitrogens is 2. The lowest BCUT2D eigenvalue weighted by molar-refractivity contribution is 0.0933. The van der Waals surface area contributed by atoms with Crippen LogP contribution in [0.25, 0.3) is 0 Å². The Labute approximate surface area is 153 Å². The van der Waals surface area contributed by atoms with Crippen LogP contribution in [0.5, 0.6) is 0 Å². The lowest BCUT2D eigenvalue weighted by atomic mass is 9.93. The van der Waals surface area contributed by atoms with Crippen molar-refractivity contribution in [2.75, 3.05) is 0 Å². The molecule has 0 spiro atoms. The van der Waals surface area contributed by atoms with Crippen molar-refractivity contribution in [1.29, 1.82) is 0 Å². The lowest BCUT2D eigenvalue weighted by Crippen LogP contribution is -2.25. The number of hydrogen-bond donors (Lipinski definition) is 1. The Bertz CT molecular complexity index is 793. The fraction of sp³-hybridized carbons (Fsp3) is 0.500. The van der Waals surface area contributed by atoms with Crippen LogP contribution in [0.3, 0.4) is 0 Å². The molecule has 134 valence electrons. The molecule has 1 atom stereocenters. The maximum Gasteiger partial charge on any atom is 0.280 e. The molecule has 4 nitrogen and oxygen atoms in total. The SMILES string of the molecule is CC.Cc1nn(C(=O)c2c(Cl)cccc2C2CC2)c2c1CCC(O)C2. The maximum atomic E-state index is 13.1. The molecule has 1 heterocycles. The van der Waals surface area contributed by atoms with Crippen molar-refractivity contribution in [3.8, 4) is 0 Å². The Morgan fingerprint density at radius 1 is 1.28 bits per heavy atom. The summed E-state index contributed by atoms with van der Waals surface area (Å²) in [7, 11) is 0. The second kappa shape index (κ2) is 7.30. The van der Waals surface area contributed by atoms with Gasteiger partial charge in [0, 0.05) is 6.42 Å². The van der Waals surface area contributed by atoms with Crippen LogP contribution in [0.4, 0.5) is 0 Å². The van der Waals surface area contributed by atoms with Crippen molar-refractivity contribution in [2.45, 2.75) is 64.9 Å². The highest BCUT2D eigenvalue weighted by Gasteiger charge is 2.32. The number of hydrogen-bond acceptors (Lipinski definition) is 3. The predicted molar refractivity (Wildman–Crippen MR) is 99.5 cm³/mol. The number of benzene rings is 1. The van der Waals surface area contributed by atoms with Crippen molar-refractivity contribution in [3.05, 3.63) is 51.3 Å². The third kappa shape index (κ3) is 3.38. The number of fused-ring (bicyclic) bond motifs is 1. The van der Waals surface area contributed by atoms with E-state index in [9.17, 15) is 9.90 Å². The van der Waals surface area contributed by atoms with Gasteiger partial charge >= 0.3 is 0 Å². The summed E-state index contributed by atoms with van der Waals surface area (Å²) in [6.45, 7) is 5.93. The number of carbonyl (C=O) groups excluding carboxylic acids is 1. The molecule has 1 aromatic heterocycles. The maximum absolute atomic E-state index is 13.1. The predicted octanol–water partition coefficient (Wildman–Crippen LogP) is 4.29. The highest BCUT2D eigenvalue weighted by molar-refractivity contribution is 6.34. The minimum Gasteiger partial charge on any atom is -0.393 e. The van der Waals surface area contributed by atoms with Gasteiger partial charge in [-0.2, -0.15) is 5.10 Å². The summed E-state index contributed by atoms with van der Waals surface area (Å²) in [5.74, 6) is 0.265.